The third-order valence-electron chi connectivity index (χ3n) is 11.9. The van der Waals surface area contributed by atoms with Crippen molar-refractivity contribution in [1.82, 2.24) is 39.0 Å². The second-order valence-electron chi connectivity index (χ2n) is 15.4. The van der Waals surface area contributed by atoms with Gasteiger partial charge in [0.15, 0.2) is 5.65 Å². The van der Waals surface area contributed by atoms with E-state index in [9.17, 15) is 18.8 Å². The molecule has 1 N–H and O–H groups in total. The van der Waals surface area contributed by atoms with Gasteiger partial charge in [0.1, 0.15) is 11.5 Å². The van der Waals surface area contributed by atoms with Crippen molar-refractivity contribution in [2.75, 3.05) is 26.2 Å². The number of nitrogens with one attached hydrogen (secondary N) is 1. The first-order valence-corrected chi connectivity index (χ1v) is 19.5. The number of likely N-dealkylation sites (tertiary alicyclic amines) is 2. The Morgan fingerprint density at radius 3 is 2.30 bits per heavy atom. The molecule has 0 atom stereocenters. The van der Waals surface area contributed by atoms with Crippen molar-refractivity contribution >= 4 is 16.9 Å². The smallest absolute Gasteiger partial charge is 0.337 e. The van der Waals surface area contributed by atoms with Crippen LogP contribution in [0.4, 0.5) is 4.39 Å². The molecule has 1 saturated carbocycles. The summed E-state index contributed by atoms with van der Waals surface area (Å²) in [6.45, 7) is 7.58. The quantitative estimate of drug-likeness (QED) is 0.216. The number of aryl methyl sites for hydroxylation is 2. The molecule has 0 radical (unpaired) electrons. The molecule has 0 unspecified atom stereocenters. The molecule has 5 heterocycles. The lowest BCUT2D eigenvalue weighted by Gasteiger charge is -2.40. The Morgan fingerprint density at radius 2 is 1.59 bits per heavy atom. The Balaban J connectivity index is 1.00. The number of hydrogen-bond acceptors (Lipinski definition) is 7. The topological polar surface area (TPSA) is 110 Å². The molecule has 0 bridgehead atoms. The molecule has 1 aliphatic carbocycles. The molecule has 1 amide bonds. The van der Waals surface area contributed by atoms with Crippen LogP contribution in [0, 0.1) is 12.7 Å². The van der Waals surface area contributed by atoms with E-state index in [4.69, 9.17) is 0 Å². The van der Waals surface area contributed by atoms with Crippen molar-refractivity contribution in [3.05, 3.63) is 110 Å². The van der Waals surface area contributed by atoms with Gasteiger partial charge >= 0.3 is 5.69 Å². The van der Waals surface area contributed by atoms with E-state index in [0.29, 0.717) is 37.1 Å². The summed E-state index contributed by atoms with van der Waals surface area (Å²) in [5.74, 6) is -0.889. The average molecular weight is 733 g/mol. The van der Waals surface area contributed by atoms with E-state index < -0.39 is 23.1 Å². The van der Waals surface area contributed by atoms with Crippen LogP contribution in [0.15, 0.2) is 76.4 Å². The van der Waals surface area contributed by atoms with Gasteiger partial charge < -0.3 is 10.2 Å². The van der Waals surface area contributed by atoms with Gasteiger partial charge in [0.2, 0.25) is 0 Å². The van der Waals surface area contributed by atoms with E-state index in [-0.39, 0.29) is 23.0 Å². The number of amides is 1. The Hall–Kier alpha value is -4.94. The third kappa shape index (κ3) is 7.41. The minimum atomic E-state index is -0.646. The highest BCUT2D eigenvalue weighted by Gasteiger charge is 2.29. The molecule has 11 nitrogen and oxygen atoms in total. The molecular formula is C42H49FN8O3. The molecular weight excluding hydrogens is 684 g/mol. The molecule has 5 aromatic rings. The van der Waals surface area contributed by atoms with Crippen molar-refractivity contribution in [1.29, 1.82) is 0 Å². The molecule has 12 heteroatoms. The molecule has 2 saturated heterocycles. The zero-order chi connectivity index (χ0) is 37.3. The summed E-state index contributed by atoms with van der Waals surface area (Å²) in [7, 11) is 1.79. The monoisotopic (exact) mass is 732 g/mol. The number of halogens is 1. The number of fused-ring (bicyclic) bond motifs is 1. The fraction of sp³-hybridized carbons (Fsp3) is 0.452. The number of piperidine rings is 2. The first-order valence-electron chi connectivity index (χ1n) is 19.5. The van der Waals surface area contributed by atoms with Gasteiger partial charge in [-0.25, -0.2) is 18.7 Å². The minimum absolute atomic E-state index is 0.0465. The largest absolute Gasteiger partial charge is 0.348 e. The molecule has 0 spiro atoms. The Labute approximate surface area is 314 Å². The Kier molecular flexibility index (Phi) is 10.3. The number of nitrogens with zero attached hydrogens (tertiary/aromatic N) is 7. The highest BCUT2D eigenvalue weighted by atomic mass is 19.1. The van der Waals surface area contributed by atoms with Crippen LogP contribution in [-0.2, 0) is 13.6 Å². The molecule has 8 rings (SSSR count). The fourth-order valence-electron chi connectivity index (χ4n) is 8.76. The van der Waals surface area contributed by atoms with E-state index in [2.05, 4.69) is 49.5 Å². The maximum Gasteiger partial charge on any atom is 0.337 e. The van der Waals surface area contributed by atoms with E-state index in [1.165, 1.54) is 59.9 Å². The summed E-state index contributed by atoms with van der Waals surface area (Å²) >= 11 is 0. The van der Waals surface area contributed by atoms with Gasteiger partial charge in [0, 0.05) is 37.4 Å². The maximum atomic E-state index is 14.6. The first-order chi connectivity index (χ1) is 26.2. The van der Waals surface area contributed by atoms with Gasteiger partial charge in [0.05, 0.1) is 17.3 Å². The second kappa shape index (κ2) is 15.4. The number of carbonyl (C=O) groups excluding carboxylic acids is 1. The zero-order valence-electron chi connectivity index (χ0n) is 31.2. The highest BCUT2D eigenvalue weighted by Crippen LogP contribution is 2.29. The lowest BCUT2D eigenvalue weighted by atomic mass is 9.90. The van der Waals surface area contributed by atoms with Crippen LogP contribution in [-0.4, -0.2) is 77.9 Å². The van der Waals surface area contributed by atoms with Crippen molar-refractivity contribution in [2.45, 2.75) is 89.4 Å². The molecule has 3 aromatic heterocycles. The van der Waals surface area contributed by atoms with Gasteiger partial charge in [-0.15, -0.1) is 0 Å². The summed E-state index contributed by atoms with van der Waals surface area (Å²) in [6.07, 6.45) is 9.71. The van der Waals surface area contributed by atoms with Gasteiger partial charge in [-0.2, -0.15) is 5.10 Å². The van der Waals surface area contributed by atoms with Crippen molar-refractivity contribution < 1.29 is 9.18 Å². The summed E-state index contributed by atoms with van der Waals surface area (Å²) in [5.41, 5.74) is 4.03. The standard InChI is InChI=1S/C42H49FN8O3/c1-28-23-38(46-47(28)2)40(52)45-33-13-15-35(16-14-33)51-41(53)37-25-32(43)26-44-39(37)50(42(51)54)36-8-6-7-31(24-36)30-11-9-29(10-12-30)27-48-21-17-34(18-22-48)49-19-4-3-5-20-49/h6-12,23-26,33-35H,3-5,13-22,27H2,1-2H3,(H,45,52). The molecule has 3 fully saturated rings. The minimum Gasteiger partial charge on any atom is -0.348 e. The van der Waals surface area contributed by atoms with Crippen LogP contribution < -0.4 is 16.6 Å². The van der Waals surface area contributed by atoms with Crippen LogP contribution in [0.5, 0.6) is 0 Å². The van der Waals surface area contributed by atoms with E-state index in [0.717, 1.165) is 54.8 Å². The fourth-order valence-corrected chi connectivity index (χ4v) is 8.76. The molecule has 2 aliphatic heterocycles. The summed E-state index contributed by atoms with van der Waals surface area (Å²) in [6, 6.07) is 19.3. The predicted molar refractivity (Wildman–Crippen MR) is 207 cm³/mol. The van der Waals surface area contributed by atoms with Crippen LogP contribution in [0.3, 0.4) is 0 Å². The van der Waals surface area contributed by atoms with Gasteiger partial charge in [0.25, 0.3) is 11.5 Å². The predicted octanol–water partition coefficient (Wildman–Crippen LogP) is 5.76. The van der Waals surface area contributed by atoms with Crippen molar-refractivity contribution in [2.24, 2.45) is 7.05 Å². The average Bonchev–Trinajstić information content (AvgIpc) is 3.54. The number of hydrogen-bond donors (Lipinski definition) is 1. The van der Waals surface area contributed by atoms with E-state index >= 15 is 0 Å². The first kappa shape index (κ1) is 36.1. The Morgan fingerprint density at radius 1 is 0.852 bits per heavy atom. The van der Waals surface area contributed by atoms with Gasteiger partial charge in [-0.1, -0.05) is 42.8 Å². The second-order valence-corrected chi connectivity index (χ2v) is 15.4. The molecule has 3 aliphatic rings. The van der Waals surface area contributed by atoms with Crippen LogP contribution in [0.25, 0.3) is 27.8 Å². The van der Waals surface area contributed by atoms with Crippen LogP contribution in [0.2, 0.25) is 0 Å². The molecule has 54 heavy (non-hydrogen) atoms. The summed E-state index contributed by atoms with van der Waals surface area (Å²) in [4.78, 5) is 50.6. The number of rotatable bonds is 8. The normalized spacial score (nSPS) is 20.4. The number of carbonyl (C=O) groups is 1. The van der Waals surface area contributed by atoms with Crippen LogP contribution in [0.1, 0.15) is 85.6 Å². The molecule has 2 aromatic carbocycles. The van der Waals surface area contributed by atoms with E-state index in [1.807, 2.05) is 31.2 Å². The Bertz CT molecular complexity index is 2240. The number of aromatic nitrogens is 5. The molecule has 282 valence electrons. The van der Waals surface area contributed by atoms with Gasteiger partial charge in [-0.3, -0.25) is 23.7 Å². The van der Waals surface area contributed by atoms with Crippen LogP contribution >= 0.6 is 0 Å². The number of pyridine rings is 1. The van der Waals surface area contributed by atoms with Crippen molar-refractivity contribution in [3.63, 3.8) is 0 Å². The lowest BCUT2D eigenvalue weighted by Crippen LogP contribution is -2.46. The van der Waals surface area contributed by atoms with Gasteiger partial charge in [-0.05, 0) is 125 Å². The highest BCUT2D eigenvalue weighted by molar-refractivity contribution is 5.92. The summed E-state index contributed by atoms with van der Waals surface area (Å²) in [5, 5.41) is 7.38. The SMILES string of the molecule is Cc1cc(C(=O)NC2CCC(n3c(=O)c4cc(F)cnc4n(-c4cccc(-c5ccc(CN6CCC(N7CCCCC7)CC6)cc5)c4)c3=O)CC2)nn1C. The lowest BCUT2D eigenvalue weighted by molar-refractivity contribution is 0.0896. The number of benzene rings is 2. The third-order valence-corrected chi connectivity index (χ3v) is 11.9. The van der Waals surface area contributed by atoms with Crippen molar-refractivity contribution in [3.8, 4) is 16.8 Å². The maximum absolute atomic E-state index is 14.6. The van der Waals surface area contributed by atoms with E-state index in [1.54, 1.807) is 17.8 Å². The zero-order valence-corrected chi connectivity index (χ0v) is 31.2. The summed E-state index contributed by atoms with van der Waals surface area (Å²) < 4.78 is 18.9.